The third-order valence-corrected chi connectivity index (χ3v) is 4.45. The van der Waals surface area contributed by atoms with E-state index in [9.17, 15) is 0 Å². The highest BCUT2D eigenvalue weighted by atomic mass is 35.5. The molecule has 0 aliphatic heterocycles. The van der Waals surface area contributed by atoms with Crippen LogP contribution in [-0.4, -0.2) is 12.7 Å². The minimum atomic E-state index is 0.307. The minimum Gasteiger partial charge on any atom is -0.490 e. The fourth-order valence-corrected chi connectivity index (χ4v) is 3.10. The molecule has 2 nitrogen and oxygen atoms in total. The lowest BCUT2D eigenvalue weighted by molar-refractivity contribution is 0.124. The van der Waals surface area contributed by atoms with Crippen molar-refractivity contribution >= 4 is 11.6 Å². The molecule has 1 aromatic rings. The van der Waals surface area contributed by atoms with Crippen molar-refractivity contribution in [3.63, 3.8) is 0 Å². The zero-order chi connectivity index (χ0) is 14.4. The predicted molar refractivity (Wildman–Crippen MR) is 83.8 cm³/mol. The molecule has 0 N–H and O–H groups in total. The van der Waals surface area contributed by atoms with Crippen molar-refractivity contribution in [1.29, 1.82) is 0 Å². The van der Waals surface area contributed by atoms with Crippen LogP contribution >= 0.6 is 11.6 Å². The van der Waals surface area contributed by atoms with Gasteiger partial charge in [0, 0.05) is 5.56 Å². The summed E-state index contributed by atoms with van der Waals surface area (Å²) in [6.45, 7) is 4.91. The van der Waals surface area contributed by atoms with Crippen molar-refractivity contribution in [3.05, 3.63) is 23.8 Å². The number of rotatable bonds is 6. The lowest BCUT2D eigenvalue weighted by Crippen LogP contribution is -2.24. The molecule has 0 spiro atoms. The summed E-state index contributed by atoms with van der Waals surface area (Å²) in [5.41, 5.74) is 1.02. The Hall–Kier alpha value is -0.890. The molecule has 0 bridgehead atoms. The highest BCUT2D eigenvalue weighted by molar-refractivity contribution is 6.17. The summed E-state index contributed by atoms with van der Waals surface area (Å²) in [5, 5.41) is 0. The molecule has 0 saturated heterocycles. The van der Waals surface area contributed by atoms with E-state index in [2.05, 4.69) is 6.92 Å². The fraction of sp³-hybridized carbons (Fsp3) is 0.647. The summed E-state index contributed by atoms with van der Waals surface area (Å²) in [7, 11) is 0. The Morgan fingerprint density at radius 3 is 2.50 bits per heavy atom. The van der Waals surface area contributed by atoms with E-state index in [1.807, 2.05) is 25.1 Å². The van der Waals surface area contributed by atoms with Gasteiger partial charge in [-0.3, -0.25) is 0 Å². The summed E-state index contributed by atoms with van der Waals surface area (Å²) in [5.74, 6) is 3.01. The molecule has 1 aromatic carbocycles. The van der Waals surface area contributed by atoms with Crippen molar-refractivity contribution < 1.29 is 9.47 Å². The van der Waals surface area contributed by atoms with E-state index < -0.39 is 0 Å². The molecule has 0 amide bonds. The Balaban J connectivity index is 2.07. The normalized spacial score (nSPS) is 22.6. The summed E-state index contributed by atoms with van der Waals surface area (Å²) in [6, 6.07) is 5.96. The topological polar surface area (TPSA) is 18.5 Å². The second kappa shape index (κ2) is 7.78. The van der Waals surface area contributed by atoms with Gasteiger partial charge in [0.1, 0.15) is 0 Å². The van der Waals surface area contributed by atoms with Gasteiger partial charge in [0.25, 0.3) is 0 Å². The molecule has 1 fully saturated rings. The molecule has 0 atom stereocenters. The van der Waals surface area contributed by atoms with E-state index in [1.54, 1.807) is 0 Å². The van der Waals surface area contributed by atoms with E-state index in [1.165, 1.54) is 19.3 Å². The summed E-state index contributed by atoms with van der Waals surface area (Å²) in [4.78, 5) is 0. The molecular weight excluding hydrogens is 272 g/mol. The molecule has 20 heavy (non-hydrogen) atoms. The fourth-order valence-electron chi connectivity index (χ4n) is 2.89. The van der Waals surface area contributed by atoms with Crippen molar-refractivity contribution in [2.24, 2.45) is 5.92 Å². The van der Waals surface area contributed by atoms with Crippen LogP contribution in [0.15, 0.2) is 18.2 Å². The number of benzene rings is 1. The summed E-state index contributed by atoms with van der Waals surface area (Å²) in [6.07, 6.45) is 6.42. The van der Waals surface area contributed by atoms with E-state index in [4.69, 9.17) is 21.1 Å². The van der Waals surface area contributed by atoms with Crippen LogP contribution in [0.25, 0.3) is 0 Å². The average Bonchev–Trinajstić information content (AvgIpc) is 2.50. The molecule has 0 unspecified atom stereocenters. The van der Waals surface area contributed by atoms with E-state index >= 15 is 0 Å². The van der Waals surface area contributed by atoms with Crippen molar-refractivity contribution in [2.75, 3.05) is 6.61 Å². The molecule has 0 aromatic heterocycles. The van der Waals surface area contributed by atoms with Crippen LogP contribution in [0.1, 0.15) is 51.5 Å². The number of alkyl halides is 1. The predicted octanol–water partition coefficient (Wildman–Crippen LogP) is 5.17. The Morgan fingerprint density at radius 1 is 1.15 bits per heavy atom. The Labute approximate surface area is 127 Å². The molecule has 0 radical (unpaired) electrons. The molecule has 0 heterocycles. The lowest BCUT2D eigenvalue weighted by atomic mass is 9.86. The number of hydrogen-bond acceptors (Lipinski definition) is 2. The first kappa shape index (κ1) is 15.5. The third kappa shape index (κ3) is 3.82. The van der Waals surface area contributed by atoms with Crippen LogP contribution in [0, 0.1) is 5.92 Å². The number of para-hydroxylation sites is 1. The minimum absolute atomic E-state index is 0.307. The maximum absolute atomic E-state index is 6.24. The van der Waals surface area contributed by atoms with Gasteiger partial charge in [0.05, 0.1) is 18.6 Å². The van der Waals surface area contributed by atoms with Gasteiger partial charge in [-0.25, -0.2) is 0 Å². The van der Waals surface area contributed by atoms with Crippen LogP contribution in [0.2, 0.25) is 0 Å². The molecule has 3 heteroatoms. The van der Waals surface area contributed by atoms with Gasteiger partial charge in [-0.1, -0.05) is 25.5 Å². The molecule has 1 saturated carbocycles. The summed E-state index contributed by atoms with van der Waals surface area (Å²) >= 11 is 6.03. The molecule has 2 rings (SSSR count). The van der Waals surface area contributed by atoms with Gasteiger partial charge in [-0.05, 0) is 44.6 Å². The van der Waals surface area contributed by atoms with E-state index in [-0.39, 0.29) is 0 Å². The van der Waals surface area contributed by atoms with Crippen molar-refractivity contribution in [1.82, 2.24) is 0 Å². The standard InChI is InChI=1S/C17H25ClO2/c1-3-13-8-10-15(11-9-13)20-17-14(12-18)6-5-7-16(17)19-4-2/h5-7,13,15H,3-4,8-12H2,1-2H3. The molecule has 112 valence electrons. The van der Waals surface area contributed by atoms with Gasteiger partial charge in [0.2, 0.25) is 0 Å². The van der Waals surface area contributed by atoms with E-state index in [0.29, 0.717) is 18.6 Å². The quantitative estimate of drug-likeness (QED) is 0.674. The van der Waals surface area contributed by atoms with Gasteiger partial charge < -0.3 is 9.47 Å². The monoisotopic (exact) mass is 296 g/mol. The van der Waals surface area contributed by atoms with Gasteiger partial charge in [-0.2, -0.15) is 0 Å². The maximum atomic E-state index is 6.24. The lowest BCUT2D eigenvalue weighted by Gasteiger charge is -2.29. The number of ether oxygens (including phenoxy) is 2. The zero-order valence-corrected chi connectivity index (χ0v) is 13.3. The van der Waals surface area contributed by atoms with Crippen molar-refractivity contribution in [2.45, 2.75) is 57.9 Å². The largest absolute Gasteiger partial charge is 0.490 e. The SMILES string of the molecule is CCOc1cccc(CCl)c1OC1CCC(CC)CC1. The number of halogens is 1. The number of hydrogen-bond donors (Lipinski definition) is 0. The second-order valence-electron chi connectivity index (χ2n) is 5.48. The van der Waals surface area contributed by atoms with Crippen LogP contribution in [0.5, 0.6) is 11.5 Å². The Bertz CT molecular complexity index is 411. The first-order chi connectivity index (χ1) is 9.78. The van der Waals surface area contributed by atoms with Gasteiger partial charge in [0.15, 0.2) is 11.5 Å². The summed E-state index contributed by atoms with van der Waals surface area (Å²) < 4.78 is 11.9. The average molecular weight is 297 g/mol. The first-order valence-corrected chi connectivity index (χ1v) is 8.29. The van der Waals surface area contributed by atoms with Crippen molar-refractivity contribution in [3.8, 4) is 11.5 Å². The van der Waals surface area contributed by atoms with Gasteiger partial charge >= 0.3 is 0 Å². The third-order valence-electron chi connectivity index (χ3n) is 4.16. The highest BCUT2D eigenvalue weighted by Gasteiger charge is 2.23. The Kier molecular flexibility index (Phi) is 6.03. The van der Waals surface area contributed by atoms with Crippen LogP contribution in [-0.2, 0) is 5.88 Å². The van der Waals surface area contributed by atoms with E-state index in [0.717, 1.165) is 35.8 Å². The molecule has 1 aliphatic carbocycles. The second-order valence-corrected chi connectivity index (χ2v) is 5.75. The first-order valence-electron chi connectivity index (χ1n) is 7.75. The molecular formula is C17H25ClO2. The highest BCUT2D eigenvalue weighted by Crippen LogP contribution is 2.36. The zero-order valence-electron chi connectivity index (χ0n) is 12.5. The molecule has 1 aliphatic rings. The van der Waals surface area contributed by atoms with Crippen LogP contribution < -0.4 is 9.47 Å². The van der Waals surface area contributed by atoms with Crippen LogP contribution in [0.4, 0.5) is 0 Å². The smallest absolute Gasteiger partial charge is 0.165 e. The van der Waals surface area contributed by atoms with Gasteiger partial charge in [-0.15, -0.1) is 11.6 Å². The maximum Gasteiger partial charge on any atom is 0.165 e. The Morgan fingerprint density at radius 2 is 1.90 bits per heavy atom. The van der Waals surface area contributed by atoms with Crippen LogP contribution in [0.3, 0.4) is 0 Å².